The summed E-state index contributed by atoms with van der Waals surface area (Å²) in [4.78, 5) is 14.0. The quantitative estimate of drug-likeness (QED) is 0.526. The SMILES string of the molecule is COCCn1c(C)nc2ccc(-c3ccn4nc(C5(N)CC(N)C5)ncc34)nc21. The van der Waals surface area contributed by atoms with E-state index in [0.29, 0.717) is 31.8 Å². The standard InChI is InChI=1S/C20H24N8O/c1-12-24-16-4-3-15(25-18(16)27(12)7-8-29-2)14-5-6-28-17(14)11-23-19(26-28)20(22)9-13(21)10-20/h3-6,11,13H,7-10,21-22H2,1-2H3. The van der Waals surface area contributed by atoms with Crippen LogP contribution in [0.5, 0.6) is 0 Å². The van der Waals surface area contributed by atoms with Crippen LogP contribution in [0.3, 0.4) is 0 Å². The summed E-state index contributed by atoms with van der Waals surface area (Å²) in [6.45, 7) is 3.29. The molecule has 29 heavy (non-hydrogen) atoms. The van der Waals surface area contributed by atoms with Gasteiger partial charge in [0.05, 0.1) is 29.6 Å². The number of methoxy groups -OCH3 is 1. The first-order valence-corrected chi connectivity index (χ1v) is 9.71. The average molecular weight is 392 g/mol. The second kappa shape index (κ2) is 6.58. The molecule has 5 rings (SSSR count). The van der Waals surface area contributed by atoms with Crippen LogP contribution in [0.15, 0.2) is 30.6 Å². The number of aromatic nitrogens is 6. The maximum Gasteiger partial charge on any atom is 0.169 e. The maximum atomic E-state index is 6.39. The molecule has 9 heteroatoms. The third kappa shape index (κ3) is 2.89. The number of imidazole rings is 1. The normalized spacial score (nSPS) is 21.7. The number of hydrogen-bond donors (Lipinski definition) is 2. The highest BCUT2D eigenvalue weighted by atomic mass is 16.5. The fourth-order valence-electron chi connectivity index (χ4n) is 4.12. The molecular formula is C20H24N8O. The molecule has 1 saturated carbocycles. The molecule has 0 bridgehead atoms. The Morgan fingerprint density at radius 1 is 1.24 bits per heavy atom. The molecule has 4 N–H and O–H groups in total. The first-order chi connectivity index (χ1) is 14.0. The van der Waals surface area contributed by atoms with Gasteiger partial charge in [0.1, 0.15) is 11.3 Å². The molecule has 0 aliphatic heterocycles. The van der Waals surface area contributed by atoms with Crippen molar-refractivity contribution in [1.29, 1.82) is 0 Å². The van der Waals surface area contributed by atoms with E-state index >= 15 is 0 Å². The predicted octanol–water partition coefficient (Wildman–Crippen LogP) is 1.37. The van der Waals surface area contributed by atoms with Crippen molar-refractivity contribution in [1.82, 2.24) is 29.1 Å². The Morgan fingerprint density at radius 3 is 2.83 bits per heavy atom. The van der Waals surface area contributed by atoms with E-state index in [1.54, 1.807) is 7.11 Å². The van der Waals surface area contributed by atoms with Gasteiger partial charge in [0, 0.05) is 31.5 Å². The highest BCUT2D eigenvalue weighted by Gasteiger charge is 2.43. The Bertz CT molecular complexity index is 1200. The van der Waals surface area contributed by atoms with Gasteiger partial charge in [0.25, 0.3) is 0 Å². The summed E-state index contributed by atoms with van der Waals surface area (Å²) >= 11 is 0. The van der Waals surface area contributed by atoms with Gasteiger partial charge in [-0.05, 0) is 38.0 Å². The number of nitrogens with two attached hydrogens (primary N) is 2. The molecular weight excluding hydrogens is 368 g/mol. The summed E-state index contributed by atoms with van der Waals surface area (Å²) in [5.74, 6) is 1.55. The zero-order valence-corrected chi connectivity index (χ0v) is 16.5. The van der Waals surface area contributed by atoms with Crippen LogP contribution in [0.1, 0.15) is 24.5 Å². The average Bonchev–Trinajstić information content (AvgIpc) is 3.24. The lowest BCUT2D eigenvalue weighted by Crippen LogP contribution is -2.56. The monoisotopic (exact) mass is 392 g/mol. The van der Waals surface area contributed by atoms with E-state index in [1.807, 2.05) is 42.0 Å². The van der Waals surface area contributed by atoms with Gasteiger partial charge < -0.3 is 20.8 Å². The zero-order chi connectivity index (χ0) is 20.2. The fourth-order valence-corrected chi connectivity index (χ4v) is 4.12. The largest absolute Gasteiger partial charge is 0.383 e. The van der Waals surface area contributed by atoms with Crippen LogP contribution >= 0.6 is 0 Å². The lowest BCUT2D eigenvalue weighted by molar-refractivity contribution is 0.187. The number of rotatable bonds is 5. The maximum absolute atomic E-state index is 6.39. The number of aryl methyl sites for hydroxylation is 1. The third-order valence-electron chi connectivity index (χ3n) is 5.69. The topological polar surface area (TPSA) is 122 Å². The zero-order valence-electron chi connectivity index (χ0n) is 16.5. The Kier molecular flexibility index (Phi) is 4.12. The first-order valence-electron chi connectivity index (χ1n) is 9.71. The highest BCUT2D eigenvalue weighted by molar-refractivity contribution is 5.82. The van der Waals surface area contributed by atoms with Gasteiger partial charge in [-0.15, -0.1) is 0 Å². The summed E-state index contributed by atoms with van der Waals surface area (Å²) in [5.41, 5.74) is 16.2. The van der Waals surface area contributed by atoms with Gasteiger partial charge in [-0.3, -0.25) is 0 Å². The van der Waals surface area contributed by atoms with Crippen LogP contribution < -0.4 is 11.5 Å². The van der Waals surface area contributed by atoms with Crippen molar-refractivity contribution in [2.24, 2.45) is 11.5 Å². The van der Waals surface area contributed by atoms with Crippen molar-refractivity contribution in [2.45, 2.75) is 37.9 Å². The van der Waals surface area contributed by atoms with Crippen LogP contribution in [0, 0.1) is 6.92 Å². The van der Waals surface area contributed by atoms with Gasteiger partial charge >= 0.3 is 0 Å². The summed E-state index contributed by atoms with van der Waals surface area (Å²) in [6.07, 6.45) is 5.14. The van der Waals surface area contributed by atoms with E-state index in [0.717, 1.165) is 33.8 Å². The molecule has 0 aromatic carbocycles. The van der Waals surface area contributed by atoms with Gasteiger partial charge in [-0.25, -0.2) is 19.5 Å². The molecule has 0 spiro atoms. The second-order valence-electron chi connectivity index (χ2n) is 7.81. The molecule has 0 radical (unpaired) electrons. The van der Waals surface area contributed by atoms with E-state index < -0.39 is 5.54 Å². The minimum atomic E-state index is -0.527. The summed E-state index contributed by atoms with van der Waals surface area (Å²) < 4.78 is 9.12. The molecule has 0 saturated heterocycles. The van der Waals surface area contributed by atoms with Gasteiger partial charge in [0.2, 0.25) is 0 Å². The number of pyridine rings is 1. The summed E-state index contributed by atoms with van der Waals surface area (Å²) in [7, 11) is 1.69. The van der Waals surface area contributed by atoms with E-state index in [4.69, 9.17) is 21.2 Å². The highest BCUT2D eigenvalue weighted by Crippen LogP contribution is 2.36. The van der Waals surface area contributed by atoms with Crippen molar-refractivity contribution < 1.29 is 4.74 Å². The number of nitrogens with zero attached hydrogens (tertiary/aromatic N) is 6. The smallest absolute Gasteiger partial charge is 0.169 e. The van der Waals surface area contributed by atoms with Crippen LogP contribution in [0.4, 0.5) is 0 Å². The van der Waals surface area contributed by atoms with Crippen LogP contribution in [0.2, 0.25) is 0 Å². The Hall–Kier alpha value is -2.88. The predicted molar refractivity (Wildman–Crippen MR) is 109 cm³/mol. The molecule has 4 heterocycles. The number of fused-ring (bicyclic) bond motifs is 2. The van der Waals surface area contributed by atoms with E-state index in [1.165, 1.54) is 0 Å². The molecule has 9 nitrogen and oxygen atoms in total. The summed E-state index contributed by atoms with van der Waals surface area (Å²) in [5, 5.41) is 4.64. The van der Waals surface area contributed by atoms with Crippen LogP contribution in [-0.4, -0.2) is 48.9 Å². The van der Waals surface area contributed by atoms with Crippen molar-refractivity contribution in [3.63, 3.8) is 0 Å². The molecule has 150 valence electrons. The fraction of sp³-hybridized carbons (Fsp3) is 0.400. The van der Waals surface area contributed by atoms with Gasteiger partial charge in [-0.2, -0.15) is 5.10 Å². The van der Waals surface area contributed by atoms with Crippen molar-refractivity contribution in [2.75, 3.05) is 13.7 Å². The molecule has 1 fully saturated rings. The molecule has 0 amide bonds. The molecule has 4 aromatic heterocycles. The minimum Gasteiger partial charge on any atom is -0.383 e. The van der Waals surface area contributed by atoms with Crippen LogP contribution in [-0.2, 0) is 16.8 Å². The van der Waals surface area contributed by atoms with Crippen LogP contribution in [0.25, 0.3) is 27.9 Å². The van der Waals surface area contributed by atoms with Crippen molar-refractivity contribution in [3.8, 4) is 11.3 Å². The van der Waals surface area contributed by atoms with Gasteiger partial charge in [-0.1, -0.05) is 0 Å². The second-order valence-corrected chi connectivity index (χ2v) is 7.81. The third-order valence-corrected chi connectivity index (χ3v) is 5.69. The molecule has 0 atom stereocenters. The van der Waals surface area contributed by atoms with Crippen molar-refractivity contribution in [3.05, 3.63) is 42.2 Å². The van der Waals surface area contributed by atoms with Gasteiger partial charge in [0.15, 0.2) is 11.5 Å². The summed E-state index contributed by atoms with van der Waals surface area (Å²) in [6, 6.07) is 6.10. The lowest BCUT2D eigenvalue weighted by atomic mass is 9.73. The Balaban J connectivity index is 1.56. The van der Waals surface area contributed by atoms with E-state index in [-0.39, 0.29) is 6.04 Å². The van der Waals surface area contributed by atoms with E-state index in [2.05, 4.69) is 19.6 Å². The molecule has 1 aliphatic rings. The molecule has 4 aromatic rings. The number of ether oxygens (including phenoxy) is 1. The Labute approximate surface area is 167 Å². The molecule has 1 aliphatic carbocycles. The molecule has 0 unspecified atom stereocenters. The lowest BCUT2D eigenvalue weighted by Gasteiger charge is -2.41. The first kappa shape index (κ1) is 18.2. The Morgan fingerprint density at radius 2 is 2.07 bits per heavy atom. The van der Waals surface area contributed by atoms with E-state index in [9.17, 15) is 0 Å². The number of hydrogen-bond acceptors (Lipinski definition) is 7. The van der Waals surface area contributed by atoms with Crippen molar-refractivity contribution >= 4 is 16.7 Å². The minimum absolute atomic E-state index is 0.127.